The molecule has 156 valence electrons. The molecule has 0 aliphatic rings. The van der Waals surface area contributed by atoms with Gasteiger partial charge < -0.3 is 9.73 Å². The SMILES string of the molecule is N#CC(=Cc1ccc(-c2ccccc2[N+](=O)[O-])o1)C(=O)Nc1ccc(S(N)(=O)=O)cc1. The fraction of sp³-hybridized carbons (Fsp3) is 0. The van der Waals surface area contributed by atoms with Crippen LogP contribution in [0.5, 0.6) is 0 Å². The fourth-order valence-electron chi connectivity index (χ4n) is 2.63. The summed E-state index contributed by atoms with van der Waals surface area (Å²) >= 11 is 0. The largest absolute Gasteiger partial charge is 0.456 e. The Balaban J connectivity index is 1.82. The smallest absolute Gasteiger partial charge is 0.280 e. The lowest BCUT2D eigenvalue weighted by Crippen LogP contribution is -2.14. The first kappa shape index (κ1) is 21.4. The molecule has 2 aromatic carbocycles. The summed E-state index contributed by atoms with van der Waals surface area (Å²) in [5.41, 5.74) is 0.0659. The van der Waals surface area contributed by atoms with Crippen LogP contribution in [-0.2, 0) is 14.8 Å². The van der Waals surface area contributed by atoms with Gasteiger partial charge in [0.05, 0.1) is 15.4 Å². The average molecular weight is 438 g/mol. The number of carbonyl (C=O) groups excluding carboxylic acids is 1. The number of amides is 1. The average Bonchev–Trinajstić information content (AvgIpc) is 3.20. The Hall–Kier alpha value is -4.27. The van der Waals surface area contributed by atoms with Crippen LogP contribution < -0.4 is 10.5 Å². The number of nitro benzene ring substituents is 1. The highest BCUT2D eigenvalue weighted by molar-refractivity contribution is 7.89. The van der Waals surface area contributed by atoms with Crippen molar-refractivity contribution in [2.24, 2.45) is 5.14 Å². The fourth-order valence-corrected chi connectivity index (χ4v) is 3.15. The highest BCUT2D eigenvalue weighted by atomic mass is 32.2. The third-order valence-electron chi connectivity index (χ3n) is 4.09. The number of hydrogen-bond acceptors (Lipinski definition) is 7. The zero-order valence-electron chi connectivity index (χ0n) is 15.7. The van der Waals surface area contributed by atoms with Crippen molar-refractivity contribution in [2.75, 3.05) is 5.32 Å². The van der Waals surface area contributed by atoms with Gasteiger partial charge in [-0.05, 0) is 42.5 Å². The molecule has 0 fully saturated rings. The second-order valence-electron chi connectivity index (χ2n) is 6.17. The van der Waals surface area contributed by atoms with Crippen LogP contribution >= 0.6 is 0 Å². The van der Waals surface area contributed by atoms with Gasteiger partial charge in [-0.2, -0.15) is 5.26 Å². The number of nitriles is 1. The van der Waals surface area contributed by atoms with E-state index in [0.717, 1.165) is 0 Å². The number of furan rings is 1. The van der Waals surface area contributed by atoms with Crippen LogP contribution in [0.2, 0.25) is 0 Å². The van der Waals surface area contributed by atoms with Gasteiger partial charge in [0.1, 0.15) is 23.2 Å². The van der Waals surface area contributed by atoms with Crippen LogP contribution in [0.25, 0.3) is 17.4 Å². The number of anilines is 1. The van der Waals surface area contributed by atoms with E-state index in [1.54, 1.807) is 12.1 Å². The number of nitro groups is 1. The summed E-state index contributed by atoms with van der Waals surface area (Å²) in [5.74, 6) is -0.409. The molecule has 3 N–H and O–H groups in total. The Morgan fingerprint density at radius 2 is 1.81 bits per heavy atom. The molecule has 1 amide bonds. The molecule has 0 saturated carbocycles. The molecule has 3 aromatic rings. The molecule has 0 aliphatic carbocycles. The standard InChI is InChI=1S/C20H14N4O6S/c21-12-13(20(25)23-14-5-8-16(9-6-14)31(22,28)29)11-15-7-10-19(30-15)17-3-1-2-4-18(17)24(26)27/h1-11H,(H,23,25)(H2,22,28,29). The van der Waals surface area contributed by atoms with Crippen molar-refractivity contribution in [2.45, 2.75) is 4.90 Å². The Morgan fingerprint density at radius 3 is 2.42 bits per heavy atom. The summed E-state index contributed by atoms with van der Waals surface area (Å²) in [7, 11) is -3.87. The zero-order chi connectivity index (χ0) is 22.6. The van der Waals surface area contributed by atoms with Crippen LogP contribution in [0.3, 0.4) is 0 Å². The number of carbonyl (C=O) groups is 1. The Morgan fingerprint density at radius 1 is 1.13 bits per heavy atom. The first-order chi connectivity index (χ1) is 14.7. The number of nitrogens with two attached hydrogens (primary N) is 1. The first-order valence-corrected chi connectivity index (χ1v) is 10.1. The summed E-state index contributed by atoms with van der Waals surface area (Å²) in [6.45, 7) is 0. The molecule has 0 atom stereocenters. The second-order valence-corrected chi connectivity index (χ2v) is 7.73. The molecule has 11 heteroatoms. The lowest BCUT2D eigenvalue weighted by atomic mass is 10.1. The Kier molecular flexibility index (Phi) is 5.96. The molecule has 0 spiro atoms. The molecule has 0 saturated heterocycles. The maximum Gasteiger partial charge on any atom is 0.280 e. The van der Waals surface area contributed by atoms with Gasteiger partial charge in [0.2, 0.25) is 10.0 Å². The molecule has 0 unspecified atom stereocenters. The summed E-state index contributed by atoms with van der Waals surface area (Å²) in [6.07, 6.45) is 1.19. The minimum Gasteiger partial charge on any atom is -0.456 e. The zero-order valence-corrected chi connectivity index (χ0v) is 16.5. The second kappa shape index (κ2) is 8.62. The number of nitrogens with zero attached hydrogens (tertiary/aromatic N) is 2. The minimum atomic E-state index is -3.87. The highest BCUT2D eigenvalue weighted by Gasteiger charge is 2.18. The van der Waals surface area contributed by atoms with Crippen LogP contribution in [0, 0.1) is 21.4 Å². The van der Waals surface area contributed by atoms with Gasteiger partial charge in [0.25, 0.3) is 11.6 Å². The van der Waals surface area contributed by atoms with E-state index in [1.807, 2.05) is 0 Å². The highest BCUT2D eigenvalue weighted by Crippen LogP contribution is 2.31. The van der Waals surface area contributed by atoms with Crippen molar-refractivity contribution in [3.63, 3.8) is 0 Å². The Bertz CT molecular complexity index is 1330. The molecule has 3 rings (SSSR count). The third-order valence-corrected chi connectivity index (χ3v) is 5.01. The maximum absolute atomic E-state index is 12.4. The summed E-state index contributed by atoms with van der Waals surface area (Å²) in [6, 6.07) is 15.8. The predicted molar refractivity (Wildman–Crippen MR) is 111 cm³/mol. The number of hydrogen-bond donors (Lipinski definition) is 2. The van der Waals surface area contributed by atoms with Crippen LogP contribution in [-0.4, -0.2) is 19.2 Å². The van der Waals surface area contributed by atoms with Crippen LogP contribution in [0.4, 0.5) is 11.4 Å². The van der Waals surface area contributed by atoms with Crippen molar-refractivity contribution >= 4 is 33.4 Å². The Labute approximate surface area is 176 Å². The van der Waals surface area contributed by atoms with E-state index >= 15 is 0 Å². The van der Waals surface area contributed by atoms with E-state index in [0.29, 0.717) is 0 Å². The number of rotatable bonds is 6. The van der Waals surface area contributed by atoms with E-state index in [9.17, 15) is 28.6 Å². The molecule has 10 nitrogen and oxygen atoms in total. The number of primary sulfonamides is 1. The van der Waals surface area contributed by atoms with Crippen LogP contribution in [0.15, 0.2) is 75.5 Å². The number of sulfonamides is 1. The van der Waals surface area contributed by atoms with Gasteiger partial charge in [-0.25, -0.2) is 13.6 Å². The predicted octanol–water partition coefficient (Wildman–Crippen LogP) is 3.05. The summed E-state index contributed by atoms with van der Waals surface area (Å²) in [5, 5.41) is 28.0. The van der Waals surface area contributed by atoms with Gasteiger partial charge in [0, 0.05) is 17.8 Å². The van der Waals surface area contributed by atoms with Gasteiger partial charge in [-0.1, -0.05) is 12.1 Å². The van der Waals surface area contributed by atoms with Crippen molar-refractivity contribution < 1.29 is 22.6 Å². The molecular formula is C20H14N4O6S. The topological polar surface area (TPSA) is 169 Å². The van der Waals surface area contributed by atoms with E-state index < -0.39 is 20.9 Å². The van der Waals surface area contributed by atoms with Crippen LogP contribution in [0.1, 0.15) is 5.76 Å². The van der Waals surface area contributed by atoms with Crippen molar-refractivity contribution in [3.8, 4) is 17.4 Å². The summed E-state index contributed by atoms with van der Waals surface area (Å²) in [4.78, 5) is 22.9. The number of para-hydroxylation sites is 1. The lowest BCUT2D eigenvalue weighted by Gasteiger charge is -2.05. The summed E-state index contributed by atoms with van der Waals surface area (Å²) < 4.78 is 28.1. The third kappa shape index (κ3) is 5.02. The van der Waals surface area contributed by atoms with Gasteiger partial charge in [0.15, 0.2) is 0 Å². The molecule has 1 heterocycles. The monoisotopic (exact) mass is 438 g/mol. The minimum absolute atomic E-state index is 0.125. The van der Waals surface area contributed by atoms with E-state index in [1.165, 1.54) is 60.7 Å². The normalized spacial score (nSPS) is 11.5. The number of nitrogens with one attached hydrogen (secondary N) is 1. The molecule has 0 aliphatic heterocycles. The molecule has 0 radical (unpaired) electrons. The van der Waals surface area contributed by atoms with E-state index in [4.69, 9.17) is 9.56 Å². The van der Waals surface area contributed by atoms with Gasteiger partial charge >= 0.3 is 0 Å². The van der Waals surface area contributed by atoms with Crippen molar-refractivity contribution in [1.29, 1.82) is 5.26 Å². The quantitative estimate of drug-likeness (QED) is 0.258. The molecule has 31 heavy (non-hydrogen) atoms. The molecule has 1 aromatic heterocycles. The van der Waals surface area contributed by atoms with E-state index in [-0.39, 0.29) is 38.9 Å². The maximum atomic E-state index is 12.4. The van der Waals surface area contributed by atoms with Gasteiger partial charge in [-0.3, -0.25) is 14.9 Å². The number of benzene rings is 2. The molecule has 0 bridgehead atoms. The first-order valence-electron chi connectivity index (χ1n) is 8.58. The van der Waals surface area contributed by atoms with Gasteiger partial charge in [-0.15, -0.1) is 0 Å². The lowest BCUT2D eigenvalue weighted by molar-refractivity contribution is -0.384. The van der Waals surface area contributed by atoms with Crippen molar-refractivity contribution in [3.05, 3.63) is 82.1 Å². The van der Waals surface area contributed by atoms with Crippen molar-refractivity contribution in [1.82, 2.24) is 0 Å². The van der Waals surface area contributed by atoms with E-state index in [2.05, 4.69) is 5.32 Å². The molecular weight excluding hydrogens is 424 g/mol.